The second kappa shape index (κ2) is 6.75. The minimum atomic E-state index is -2.44. The second-order valence-corrected chi connectivity index (χ2v) is 6.76. The first-order chi connectivity index (χ1) is 9.88. The molecule has 6 heteroatoms. The van der Waals surface area contributed by atoms with Crippen molar-refractivity contribution in [2.24, 2.45) is 11.7 Å². The predicted octanol–water partition coefficient (Wildman–Crippen LogP) is 3.85. The van der Waals surface area contributed by atoms with E-state index < -0.39 is 11.3 Å². The molecular weight excluding hydrogens is 294 g/mol. The van der Waals surface area contributed by atoms with Crippen molar-refractivity contribution in [3.05, 3.63) is 24.3 Å². The highest BCUT2D eigenvalue weighted by molar-refractivity contribution is 7.99. The van der Waals surface area contributed by atoms with Gasteiger partial charge < -0.3 is 11.1 Å². The average molecular weight is 314 g/mol. The molecule has 1 fully saturated rings. The number of thioether (sulfide) groups is 1. The predicted molar refractivity (Wildman–Crippen MR) is 81.5 cm³/mol. The summed E-state index contributed by atoms with van der Waals surface area (Å²) in [5, 5.41) is 2.83. The van der Waals surface area contributed by atoms with Gasteiger partial charge in [-0.1, -0.05) is 24.6 Å². The maximum atomic E-state index is 12.3. The lowest BCUT2D eigenvalue weighted by Gasteiger charge is -2.37. The number of carbonyl (C=O) groups is 1. The molecule has 0 aromatic heterocycles. The van der Waals surface area contributed by atoms with Gasteiger partial charge in [-0.15, -0.1) is 0 Å². The molecular formula is C15H20F2N2OS. The number of halogens is 2. The van der Waals surface area contributed by atoms with E-state index in [1.807, 2.05) is 6.92 Å². The topological polar surface area (TPSA) is 55.1 Å². The van der Waals surface area contributed by atoms with E-state index in [9.17, 15) is 13.6 Å². The maximum Gasteiger partial charge on any atom is 0.288 e. The lowest BCUT2D eigenvalue weighted by molar-refractivity contribution is -0.122. The van der Waals surface area contributed by atoms with Gasteiger partial charge in [-0.3, -0.25) is 4.79 Å². The fourth-order valence-corrected chi connectivity index (χ4v) is 3.24. The Hall–Kier alpha value is -1.14. The van der Waals surface area contributed by atoms with Gasteiger partial charge in [0.25, 0.3) is 5.76 Å². The highest BCUT2D eigenvalue weighted by Crippen LogP contribution is 2.32. The zero-order valence-corrected chi connectivity index (χ0v) is 12.8. The highest BCUT2D eigenvalue weighted by Gasteiger charge is 2.37. The van der Waals surface area contributed by atoms with Gasteiger partial charge in [-0.2, -0.15) is 8.78 Å². The zero-order chi connectivity index (χ0) is 15.5. The van der Waals surface area contributed by atoms with Crippen LogP contribution in [0, 0.1) is 5.92 Å². The van der Waals surface area contributed by atoms with Gasteiger partial charge in [-0.05, 0) is 44.0 Å². The SMILES string of the molecule is CC1(N)CCCCC1C(=O)Nc1ccc(SC(F)F)cc1. The molecule has 1 aromatic rings. The molecule has 0 bridgehead atoms. The number of alkyl halides is 2. The van der Waals surface area contributed by atoms with Crippen LogP contribution < -0.4 is 11.1 Å². The molecule has 0 aliphatic heterocycles. The van der Waals surface area contributed by atoms with Gasteiger partial charge in [0.15, 0.2) is 0 Å². The number of anilines is 1. The Morgan fingerprint density at radius 2 is 2.05 bits per heavy atom. The first kappa shape index (κ1) is 16.2. The van der Waals surface area contributed by atoms with Crippen molar-refractivity contribution in [3.63, 3.8) is 0 Å². The van der Waals surface area contributed by atoms with E-state index in [0.29, 0.717) is 22.3 Å². The van der Waals surface area contributed by atoms with Crippen LogP contribution in [0.3, 0.4) is 0 Å². The summed E-state index contributed by atoms with van der Waals surface area (Å²) in [6.07, 6.45) is 3.69. The summed E-state index contributed by atoms with van der Waals surface area (Å²) in [7, 11) is 0. The first-order valence-corrected chi connectivity index (χ1v) is 7.91. The van der Waals surface area contributed by atoms with E-state index in [1.165, 1.54) is 0 Å². The molecule has 2 rings (SSSR count). The summed E-state index contributed by atoms with van der Waals surface area (Å²) in [5.41, 5.74) is 6.34. The van der Waals surface area contributed by atoms with Crippen LogP contribution >= 0.6 is 11.8 Å². The van der Waals surface area contributed by atoms with Crippen LogP contribution in [-0.2, 0) is 4.79 Å². The van der Waals surface area contributed by atoms with E-state index in [1.54, 1.807) is 24.3 Å². The van der Waals surface area contributed by atoms with Crippen LogP contribution in [0.15, 0.2) is 29.2 Å². The molecule has 0 spiro atoms. The molecule has 21 heavy (non-hydrogen) atoms. The van der Waals surface area contributed by atoms with E-state index in [-0.39, 0.29) is 11.8 Å². The molecule has 1 aliphatic rings. The average Bonchev–Trinajstić information content (AvgIpc) is 2.39. The van der Waals surface area contributed by atoms with E-state index in [0.717, 1.165) is 25.7 Å². The summed E-state index contributed by atoms with van der Waals surface area (Å²) < 4.78 is 24.5. The van der Waals surface area contributed by atoms with E-state index in [2.05, 4.69) is 5.32 Å². The maximum absolute atomic E-state index is 12.3. The molecule has 1 aliphatic carbocycles. The molecule has 116 valence electrons. The van der Waals surface area contributed by atoms with Crippen molar-refractivity contribution in [1.82, 2.24) is 0 Å². The minimum Gasteiger partial charge on any atom is -0.326 e. The number of rotatable bonds is 4. The van der Waals surface area contributed by atoms with E-state index in [4.69, 9.17) is 5.73 Å². The van der Waals surface area contributed by atoms with Gasteiger partial charge >= 0.3 is 0 Å². The Kier molecular flexibility index (Phi) is 5.22. The Morgan fingerprint density at radius 1 is 1.38 bits per heavy atom. The highest BCUT2D eigenvalue weighted by atomic mass is 32.2. The minimum absolute atomic E-state index is 0.0889. The summed E-state index contributed by atoms with van der Waals surface area (Å²) in [5.74, 6) is -2.74. The van der Waals surface area contributed by atoms with Crippen molar-refractivity contribution in [2.75, 3.05) is 5.32 Å². The molecule has 0 radical (unpaired) electrons. The number of hydrogen-bond donors (Lipinski definition) is 2. The van der Waals surface area contributed by atoms with Crippen LogP contribution in [0.2, 0.25) is 0 Å². The van der Waals surface area contributed by atoms with Crippen LogP contribution in [0.1, 0.15) is 32.6 Å². The van der Waals surface area contributed by atoms with Gasteiger partial charge in [0.05, 0.1) is 5.92 Å². The van der Waals surface area contributed by atoms with Gasteiger partial charge in [-0.25, -0.2) is 0 Å². The zero-order valence-electron chi connectivity index (χ0n) is 11.9. The molecule has 3 nitrogen and oxygen atoms in total. The van der Waals surface area contributed by atoms with Crippen LogP contribution in [-0.4, -0.2) is 17.2 Å². The normalized spacial score (nSPS) is 25.9. The molecule has 2 atom stereocenters. The third-order valence-corrected chi connectivity index (χ3v) is 4.64. The number of amides is 1. The molecule has 1 saturated carbocycles. The van der Waals surface area contributed by atoms with Crippen LogP contribution in [0.25, 0.3) is 0 Å². The summed E-state index contributed by atoms with van der Waals surface area (Å²) in [4.78, 5) is 12.8. The van der Waals surface area contributed by atoms with Gasteiger partial charge in [0.1, 0.15) is 0 Å². The van der Waals surface area contributed by atoms with Crippen molar-refractivity contribution in [3.8, 4) is 0 Å². The van der Waals surface area contributed by atoms with Crippen molar-refractivity contribution in [1.29, 1.82) is 0 Å². The summed E-state index contributed by atoms with van der Waals surface area (Å²) in [6, 6.07) is 6.43. The summed E-state index contributed by atoms with van der Waals surface area (Å²) >= 11 is 0.488. The number of benzene rings is 1. The van der Waals surface area contributed by atoms with Gasteiger partial charge in [0.2, 0.25) is 5.91 Å². The Labute approximate surface area is 127 Å². The third-order valence-electron chi connectivity index (χ3n) is 3.92. The quantitative estimate of drug-likeness (QED) is 0.830. The molecule has 0 saturated heterocycles. The van der Waals surface area contributed by atoms with Gasteiger partial charge in [0, 0.05) is 16.1 Å². The lowest BCUT2D eigenvalue weighted by atomic mass is 9.74. The van der Waals surface area contributed by atoms with Crippen molar-refractivity contribution < 1.29 is 13.6 Å². The summed E-state index contributed by atoms with van der Waals surface area (Å²) in [6.45, 7) is 1.92. The monoisotopic (exact) mass is 314 g/mol. The van der Waals surface area contributed by atoms with Crippen molar-refractivity contribution in [2.45, 2.75) is 48.8 Å². The molecule has 2 unspecified atom stereocenters. The number of hydrogen-bond acceptors (Lipinski definition) is 3. The number of carbonyl (C=O) groups excluding carboxylic acids is 1. The second-order valence-electron chi connectivity index (χ2n) is 5.70. The number of nitrogens with two attached hydrogens (primary N) is 1. The standard InChI is InChI=1S/C15H20F2N2OS/c1-15(18)9-3-2-4-12(15)13(20)19-10-5-7-11(8-6-10)21-14(16)17/h5-8,12,14H,2-4,9,18H2,1H3,(H,19,20). The fourth-order valence-electron chi connectivity index (χ4n) is 2.74. The Bertz CT molecular complexity index is 491. The first-order valence-electron chi connectivity index (χ1n) is 7.03. The third kappa shape index (κ3) is 4.41. The molecule has 1 aromatic carbocycles. The molecule has 1 amide bonds. The largest absolute Gasteiger partial charge is 0.326 e. The number of nitrogens with one attached hydrogen (secondary N) is 1. The van der Waals surface area contributed by atoms with E-state index >= 15 is 0 Å². The molecule has 0 heterocycles. The van der Waals surface area contributed by atoms with Crippen LogP contribution in [0.4, 0.5) is 14.5 Å². The Balaban J connectivity index is 1.99. The molecule has 3 N–H and O–H groups in total. The smallest absolute Gasteiger partial charge is 0.288 e. The van der Waals surface area contributed by atoms with Crippen molar-refractivity contribution >= 4 is 23.4 Å². The fraction of sp³-hybridized carbons (Fsp3) is 0.533. The lowest BCUT2D eigenvalue weighted by Crippen LogP contribution is -2.51. The van der Waals surface area contributed by atoms with Crippen LogP contribution in [0.5, 0.6) is 0 Å². The Morgan fingerprint density at radius 3 is 2.62 bits per heavy atom.